The molecule has 0 bridgehead atoms. The Morgan fingerprint density at radius 2 is 1.97 bits per heavy atom. The van der Waals surface area contributed by atoms with Crippen molar-refractivity contribution >= 4 is 35.4 Å². The van der Waals surface area contributed by atoms with Crippen LogP contribution in [0.4, 0.5) is 5.69 Å². The van der Waals surface area contributed by atoms with Gasteiger partial charge in [-0.1, -0.05) is 35.4 Å². The average Bonchev–Trinajstić information content (AvgIpc) is 2.99. The number of hydrogen-bond acceptors (Lipinski definition) is 4. The highest BCUT2D eigenvalue weighted by Gasteiger charge is 2.14. The molecule has 0 unspecified atom stereocenters. The van der Waals surface area contributed by atoms with Crippen LogP contribution in [0.5, 0.6) is 0 Å². The van der Waals surface area contributed by atoms with Gasteiger partial charge in [-0.25, -0.2) is 4.68 Å². The third-order valence-corrected chi connectivity index (χ3v) is 5.12. The lowest BCUT2D eigenvalue weighted by Crippen LogP contribution is -2.32. The number of aromatic nitrogens is 3. The number of carbonyl (C=O) groups is 1. The van der Waals surface area contributed by atoms with E-state index in [1.54, 1.807) is 28.9 Å². The predicted molar refractivity (Wildman–Crippen MR) is 120 cm³/mol. The van der Waals surface area contributed by atoms with Gasteiger partial charge in [-0.05, 0) is 63.4 Å². The minimum atomic E-state index is -0.116. The fourth-order valence-corrected chi connectivity index (χ4v) is 3.51. The van der Waals surface area contributed by atoms with E-state index in [9.17, 15) is 4.79 Å². The Bertz CT molecular complexity index is 1060. The molecule has 3 rings (SSSR count). The molecule has 2 aromatic carbocycles. The van der Waals surface area contributed by atoms with Crippen molar-refractivity contribution < 1.29 is 4.79 Å². The Balaban J connectivity index is 1.71. The fourth-order valence-electron chi connectivity index (χ4n) is 3.07. The number of hydrogen-bond donors (Lipinski definition) is 1. The Hall–Kier alpha value is -2.48. The topological polar surface area (TPSA) is 55.1 Å². The molecule has 6 nitrogen and oxygen atoms in total. The highest BCUT2D eigenvalue weighted by Crippen LogP contribution is 2.20. The summed E-state index contributed by atoms with van der Waals surface area (Å²) < 4.78 is 4.40. The van der Waals surface area contributed by atoms with Crippen molar-refractivity contribution in [1.82, 2.24) is 19.2 Å². The molecule has 0 aliphatic rings. The van der Waals surface area contributed by atoms with Crippen molar-refractivity contribution in [2.45, 2.75) is 27.1 Å². The minimum absolute atomic E-state index is 0.116. The predicted octanol–water partition coefficient (Wildman–Crippen LogP) is 4.59. The summed E-state index contributed by atoms with van der Waals surface area (Å²) in [6.07, 6.45) is 0. The first-order valence-corrected chi connectivity index (χ1v) is 10.1. The van der Waals surface area contributed by atoms with Crippen LogP contribution in [-0.2, 0) is 18.0 Å². The molecule has 0 atom stereocenters. The summed E-state index contributed by atoms with van der Waals surface area (Å²) in [4.78, 5) is 14.2. The molecule has 29 heavy (non-hydrogen) atoms. The number of nitrogens with zero attached hydrogens (tertiary/aromatic N) is 4. The van der Waals surface area contributed by atoms with E-state index < -0.39 is 0 Å². The van der Waals surface area contributed by atoms with Crippen molar-refractivity contribution in [3.8, 4) is 11.4 Å². The van der Waals surface area contributed by atoms with Gasteiger partial charge in [0, 0.05) is 22.8 Å². The molecule has 0 spiro atoms. The monoisotopic (exact) mass is 429 g/mol. The molecule has 0 aliphatic carbocycles. The molecule has 1 N–H and O–H groups in total. The zero-order valence-electron chi connectivity index (χ0n) is 16.7. The van der Waals surface area contributed by atoms with Gasteiger partial charge < -0.3 is 9.88 Å². The summed E-state index contributed by atoms with van der Waals surface area (Å²) in [6.45, 7) is 5.45. The van der Waals surface area contributed by atoms with Gasteiger partial charge in [0.1, 0.15) is 0 Å². The molecule has 8 heteroatoms. The summed E-state index contributed by atoms with van der Waals surface area (Å²) in [5.41, 5.74) is 2.91. The quantitative estimate of drug-likeness (QED) is 0.558. The third-order valence-electron chi connectivity index (χ3n) is 4.43. The lowest BCUT2D eigenvalue weighted by Gasteiger charge is -2.16. The molecule has 0 saturated carbocycles. The van der Waals surface area contributed by atoms with Crippen LogP contribution in [0.25, 0.3) is 11.4 Å². The van der Waals surface area contributed by atoms with Gasteiger partial charge in [-0.15, -0.1) is 0 Å². The number of nitrogens with one attached hydrogen (secondary N) is 1. The first-order chi connectivity index (χ1) is 13.9. The van der Waals surface area contributed by atoms with E-state index in [0.29, 0.717) is 22.1 Å². The van der Waals surface area contributed by atoms with Crippen LogP contribution in [0.15, 0.2) is 48.5 Å². The lowest BCUT2D eigenvalue weighted by atomic mass is 10.1. The number of anilines is 1. The van der Waals surface area contributed by atoms with Gasteiger partial charge >= 0.3 is 0 Å². The highest BCUT2D eigenvalue weighted by atomic mass is 35.5. The molecule has 1 amide bonds. The maximum atomic E-state index is 12.3. The second kappa shape index (κ2) is 9.35. The van der Waals surface area contributed by atoms with Crippen molar-refractivity contribution in [2.24, 2.45) is 0 Å². The minimum Gasteiger partial charge on any atom is -0.325 e. The van der Waals surface area contributed by atoms with Crippen molar-refractivity contribution in [3.05, 3.63) is 63.9 Å². The van der Waals surface area contributed by atoms with Crippen molar-refractivity contribution in [2.75, 3.05) is 18.9 Å². The molecule has 0 saturated heterocycles. The van der Waals surface area contributed by atoms with Gasteiger partial charge in [0.05, 0.1) is 13.2 Å². The number of rotatable bonds is 7. The Morgan fingerprint density at radius 1 is 1.24 bits per heavy atom. The van der Waals surface area contributed by atoms with Gasteiger partial charge in [0.15, 0.2) is 10.6 Å². The average molecular weight is 430 g/mol. The number of halogens is 1. The SMILES string of the molecule is CCn1c(-c2cccc(C)c2)nn(CN(C)CC(=O)Nc2ccc(Cl)cc2)c1=S. The maximum absolute atomic E-state index is 12.3. The smallest absolute Gasteiger partial charge is 0.238 e. The molecular formula is C21H24ClN5OS. The molecule has 1 aromatic heterocycles. The molecule has 1 heterocycles. The summed E-state index contributed by atoms with van der Waals surface area (Å²) in [6, 6.07) is 15.2. The van der Waals surface area contributed by atoms with Crippen LogP contribution in [-0.4, -0.2) is 38.7 Å². The summed E-state index contributed by atoms with van der Waals surface area (Å²) in [5, 5.41) is 8.21. The van der Waals surface area contributed by atoms with Crippen LogP contribution in [0, 0.1) is 11.7 Å². The summed E-state index contributed by atoms with van der Waals surface area (Å²) in [5.74, 6) is 0.718. The standard InChI is InChI=1S/C21H24ClN5OS/c1-4-26-20(16-7-5-6-15(2)12-16)24-27(21(26)29)14-25(3)13-19(28)23-18-10-8-17(22)9-11-18/h5-12H,4,13-14H2,1-3H3,(H,23,28). The van der Waals surface area contributed by atoms with E-state index >= 15 is 0 Å². The molecular weight excluding hydrogens is 406 g/mol. The number of likely N-dealkylation sites (N-methyl/N-ethyl adjacent to an activating group) is 1. The van der Waals surface area contributed by atoms with Crippen LogP contribution in [0.3, 0.4) is 0 Å². The molecule has 3 aromatic rings. The Kier molecular flexibility index (Phi) is 6.84. The number of aryl methyl sites for hydroxylation is 1. The van der Waals surface area contributed by atoms with Crippen molar-refractivity contribution in [3.63, 3.8) is 0 Å². The van der Waals surface area contributed by atoms with Crippen LogP contribution in [0.2, 0.25) is 5.02 Å². The van der Waals surface area contributed by atoms with Gasteiger partial charge in [0.25, 0.3) is 0 Å². The Morgan fingerprint density at radius 3 is 2.62 bits per heavy atom. The zero-order valence-corrected chi connectivity index (χ0v) is 18.3. The molecule has 0 fully saturated rings. The van der Waals surface area contributed by atoms with Gasteiger partial charge in [-0.2, -0.15) is 5.10 Å². The van der Waals surface area contributed by atoms with Gasteiger partial charge in [0.2, 0.25) is 5.91 Å². The first-order valence-electron chi connectivity index (χ1n) is 9.36. The van der Waals surface area contributed by atoms with Gasteiger partial charge in [-0.3, -0.25) is 9.69 Å². The third kappa shape index (κ3) is 5.32. The van der Waals surface area contributed by atoms with E-state index in [1.165, 1.54) is 5.56 Å². The second-order valence-corrected chi connectivity index (χ2v) is 7.73. The van der Waals surface area contributed by atoms with Crippen LogP contribution in [0.1, 0.15) is 12.5 Å². The number of benzene rings is 2. The number of carbonyl (C=O) groups excluding carboxylic acids is 1. The number of amides is 1. The molecule has 0 radical (unpaired) electrons. The van der Waals surface area contributed by atoms with Crippen LogP contribution < -0.4 is 5.32 Å². The first kappa shape index (κ1) is 21.2. The largest absolute Gasteiger partial charge is 0.325 e. The maximum Gasteiger partial charge on any atom is 0.238 e. The normalized spacial score (nSPS) is 11.1. The van der Waals surface area contributed by atoms with E-state index in [4.69, 9.17) is 28.9 Å². The van der Waals surface area contributed by atoms with E-state index in [2.05, 4.69) is 24.4 Å². The van der Waals surface area contributed by atoms with E-state index in [1.807, 2.05) is 35.6 Å². The zero-order chi connectivity index (χ0) is 21.0. The van der Waals surface area contributed by atoms with Crippen molar-refractivity contribution in [1.29, 1.82) is 0 Å². The Labute approximate surface area is 180 Å². The molecule has 152 valence electrons. The highest BCUT2D eigenvalue weighted by molar-refractivity contribution is 7.71. The second-order valence-electron chi connectivity index (χ2n) is 6.93. The summed E-state index contributed by atoms with van der Waals surface area (Å²) in [7, 11) is 1.86. The van der Waals surface area contributed by atoms with Crippen LogP contribution >= 0.6 is 23.8 Å². The van der Waals surface area contributed by atoms with E-state index in [0.717, 1.165) is 17.9 Å². The summed E-state index contributed by atoms with van der Waals surface area (Å²) >= 11 is 11.5. The fraction of sp³-hybridized carbons (Fsp3) is 0.286. The van der Waals surface area contributed by atoms with E-state index in [-0.39, 0.29) is 12.5 Å². The lowest BCUT2D eigenvalue weighted by molar-refractivity contribution is -0.117. The molecule has 0 aliphatic heterocycles.